The second-order valence-electron chi connectivity index (χ2n) is 2.35. The van der Waals surface area contributed by atoms with Crippen molar-refractivity contribution in [2.45, 2.75) is 18.4 Å². The Morgan fingerprint density at radius 1 is 1.73 bits per heavy atom. The smallest absolute Gasteiger partial charge is 0.276 e. The van der Waals surface area contributed by atoms with Crippen LogP contribution in [-0.4, -0.2) is 33.1 Å². The van der Waals surface area contributed by atoms with Crippen molar-refractivity contribution in [1.29, 1.82) is 0 Å². The van der Waals surface area contributed by atoms with Gasteiger partial charge in [-0.2, -0.15) is 0 Å². The summed E-state index contributed by atoms with van der Waals surface area (Å²) in [6.07, 6.45) is -1.28. The SMILES string of the molecule is O=S(O)CCOC1CC1(F)F. The number of hydrogen-bond donors (Lipinski definition) is 1. The molecule has 0 saturated heterocycles. The molecule has 0 amide bonds. The summed E-state index contributed by atoms with van der Waals surface area (Å²) in [5.74, 6) is -2.80. The van der Waals surface area contributed by atoms with Crippen LogP contribution in [0.1, 0.15) is 6.42 Å². The molecule has 0 aromatic carbocycles. The molecule has 11 heavy (non-hydrogen) atoms. The maximum atomic E-state index is 12.1. The van der Waals surface area contributed by atoms with Gasteiger partial charge in [-0.15, -0.1) is 0 Å². The van der Waals surface area contributed by atoms with E-state index in [4.69, 9.17) is 4.55 Å². The Hall–Kier alpha value is -0.0700. The molecule has 66 valence electrons. The highest BCUT2D eigenvalue weighted by Crippen LogP contribution is 2.44. The minimum absolute atomic E-state index is 0.0800. The van der Waals surface area contributed by atoms with Gasteiger partial charge in [-0.05, 0) is 0 Å². The molecule has 0 spiro atoms. The first-order chi connectivity index (χ1) is 5.02. The van der Waals surface area contributed by atoms with Crippen LogP contribution in [0.4, 0.5) is 8.78 Å². The maximum Gasteiger partial charge on any atom is 0.276 e. The van der Waals surface area contributed by atoms with E-state index in [1.165, 1.54) is 0 Å². The Morgan fingerprint density at radius 2 is 2.27 bits per heavy atom. The molecule has 0 aromatic rings. The van der Waals surface area contributed by atoms with E-state index in [1.54, 1.807) is 0 Å². The van der Waals surface area contributed by atoms with E-state index >= 15 is 0 Å². The minimum Gasteiger partial charge on any atom is -0.371 e. The molecule has 1 aliphatic carbocycles. The standard InChI is InChI=1S/C5H8F2O3S/c6-5(7)3-4(5)10-1-2-11(8)9/h4H,1-3H2,(H,8,9). The van der Waals surface area contributed by atoms with Crippen LogP contribution in [0.5, 0.6) is 0 Å². The van der Waals surface area contributed by atoms with Crippen molar-refractivity contribution in [2.75, 3.05) is 12.4 Å². The molecule has 0 aromatic heterocycles. The van der Waals surface area contributed by atoms with Gasteiger partial charge in [-0.25, -0.2) is 13.0 Å². The third-order valence-electron chi connectivity index (χ3n) is 1.35. The van der Waals surface area contributed by atoms with Gasteiger partial charge in [0.15, 0.2) is 11.1 Å². The zero-order chi connectivity index (χ0) is 8.48. The van der Waals surface area contributed by atoms with Gasteiger partial charge < -0.3 is 9.29 Å². The maximum absolute atomic E-state index is 12.1. The van der Waals surface area contributed by atoms with Crippen LogP contribution in [0.3, 0.4) is 0 Å². The Balaban J connectivity index is 2.02. The summed E-state index contributed by atoms with van der Waals surface area (Å²) in [6.45, 7) is -0.0800. The lowest BCUT2D eigenvalue weighted by atomic mass is 10.7. The number of halogens is 2. The van der Waals surface area contributed by atoms with Crippen LogP contribution in [0.15, 0.2) is 0 Å². The normalized spacial score (nSPS) is 29.9. The summed E-state index contributed by atoms with van der Waals surface area (Å²) in [5.41, 5.74) is 0. The highest BCUT2D eigenvalue weighted by molar-refractivity contribution is 7.79. The van der Waals surface area contributed by atoms with E-state index in [0.29, 0.717) is 0 Å². The van der Waals surface area contributed by atoms with Crippen molar-refractivity contribution in [2.24, 2.45) is 0 Å². The zero-order valence-corrected chi connectivity index (χ0v) is 6.44. The van der Waals surface area contributed by atoms with Gasteiger partial charge >= 0.3 is 0 Å². The summed E-state index contributed by atoms with van der Waals surface area (Å²) in [4.78, 5) is 0. The molecule has 6 heteroatoms. The molecular formula is C5H8F2O3S. The molecule has 0 aliphatic heterocycles. The number of rotatable bonds is 4. The van der Waals surface area contributed by atoms with E-state index in [9.17, 15) is 13.0 Å². The lowest BCUT2D eigenvalue weighted by molar-refractivity contribution is 0.0186. The highest BCUT2D eigenvalue weighted by atomic mass is 32.2. The van der Waals surface area contributed by atoms with Crippen LogP contribution in [0.2, 0.25) is 0 Å². The molecule has 0 bridgehead atoms. The van der Waals surface area contributed by atoms with Crippen LogP contribution < -0.4 is 0 Å². The molecule has 2 atom stereocenters. The molecule has 0 radical (unpaired) electrons. The number of hydrogen-bond acceptors (Lipinski definition) is 2. The Morgan fingerprint density at radius 3 is 2.64 bits per heavy atom. The molecule has 1 rings (SSSR count). The quantitative estimate of drug-likeness (QED) is 0.655. The fourth-order valence-corrected chi connectivity index (χ4v) is 0.870. The first-order valence-corrected chi connectivity index (χ1v) is 4.37. The fourth-order valence-electron chi connectivity index (χ4n) is 0.631. The Labute approximate surface area is 65.0 Å². The summed E-state index contributed by atoms with van der Waals surface area (Å²) in [7, 11) is 0. The largest absolute Gasteiger partial charge is 0.371 e. The summed E-state index contributed by atoms with van der Waals surface area (Å²) in [5, 5.41) is 0. The van der Waals surface area contributed by atoms with Crippen molar-refractivity contribution < 1.29 is 22.3 Å². The average molecular weight is 186 g/mol. The average Bonchev–Trinajstić information content (AvgIpc) is 2.39. The molecular weight excluding hydrogens is 178 g/mol. The molecule has 2 unspecified atom stereocenters. The van der Waals surface area contributed by atoms with Crippen molar-refractivity contribution in [1.82, 2.24) is 0 Å². The molecule has 1 fully saturated rings. The number of ether oxygens (including phenoxy) is 1. The molecule has 1 saturated carbocycles. The monoisotopic (exact) mass is 186 g/mol. The van der Waals surface area contributed by atoms with E-state index in [-0.39, 0.29) is 18.8 Å². The van der Waals surface area contributed by atoms with Crippen molar-refractivity contribution in [3.63, 3.8) is 0 Å². The zero-order valence-electron chi connectivity index (χ0n) is 5.63. The fraction of sp³-hybridized carbons (Fsp3) is 1.00. The summed E-state index contributed by atoms with van der Waals surface area (Å²) in [6, 6.07) is 0. The van der Waals surface area contributed by atoms with Crippen molar-refractivity contribution in [3.05, 3.63) is 0 Å². The second kappa shape index (κ2) is 3.12. The van der Waals surface area contributed by atoms with Crippen LogP contribution in [0.25, 0.3) is 0 Å². The summed E-state index contributed by atoms with van der Waals surface area (Å²) >= 11 is -1.95. The van der Waals surface area contributed by atoms with Gasteiger partial charge in [0.2, 0.25) is 0 Å². The van der Waals surface area contributed by atoms with Gasteiger partial charge in [-0.3, -0.25) is 0 Å². The van der Waals surface area contributed by atoms with E-state index in [0.717, 1.165) is 0 Å². The lowest BCUT2D eigenvalue weighted by Gasteiger charge is -1.98. The highest BCUT2D eigenvalue weighted by Gasteiger charge is 2.58. The molecule has 0 heterocycles. The van der Waals surface area contributed by atoms with Gasteiger partial charge in [0.25, 0.3) is 5.92 Å². The third kappa shape index (κ3) is 2.80. The topological polar surface area (TPSA) is 46.5 Å². The molecule has 1 aliphatic rings. The molecule has 3 nitrogen and oxygen atoms in total. The van der Waals surface area contributed by atoms with E-state index in [1.807, 2.05) is 0 Å². The number of alkyl halides is 2. The van der Waals surface area contributed by atoms with Gasteiger partial charge in [0.05, 0.1) is 12.4 Å². The van der Waals surface area contributed by atoms with Crippen molar-refractivity contribution in [3.8, 4) is 0 Å². The minimum atomic E-state index is -2.70. The Bertz CT molecular complexity index is 173. The van der Waals surface area contributed by atoms with Crippen LogP contribution >= 0.6 is 0 Å². The lowest BCUT2D eigenvalue weighted by Crippen LogP contribution is -2.10. The van der Waals surface area contributed by atoms with Gasteiger partial charge in [-0.1, -0.05) is 0 Å². The van der Waals surface area contributed by atoms with E-state index in [2.05, 4.69) is 4.74 Å². The van der Waals surface area contributed by atoms with Crippen molar-refractivity contribution >= 4 is 11.1 Å². The van der Waals surface area contributed by atoms with Gasteiger partial charge in [0, 0.05) is 6.42 Å². The molecule has 1 N–H and O–H groups in total. The predicted molar refractivity (Wildman–Crippen MR) is 34.9 cm³/mol. The first-order valence-electron chi connectivity index (χ1n) is 3.09. The third-order valence-corrected chi connectivity index (χ3v) is 1.86. The van der Waals surface area contributed by atoms with Gasteiger partial charge in [0.1, 0.15) is 6.10 Å². The summed E-state index contributed by atoms with van der Waals surface area (Å²) < 4.78 is 46.9. The Kier molecular flexibility index (Phi) is 2.56. The van der Waals surface area contributed by atoms with Crippen LogP contribution in [0, 0.1) is 0 Å². The van der Waals surface area contributed by atoms with E-state index < -0.39 is 23.1 Å². The predicted octanol–water partition coefficient (Wildman–Crippen LogP) is 0.632. The van der Waals surface area contributed by atoms with Crippen LogP contribution in [-0.2, 0) is 15.8 Å². The first kappa shape index (κ1) is 9.02. The second-order valence-corrected chi connectivity index (χ2v) is 3.40.